The zero-order valence-corrected chi connectivity index (χ0v) is 19.1. The largest absolute Gasteiger partial charge is 0.480 e. The molecule has 0 N–H and O–H groups in total. The number of ether oxygens (including phenoxy) is 2. The molecule has 2 aromatic rings. The number of benzene rings is 1. The Kier molecular flexibility index (Phi) is 6.76. The van der Waals surface area contributed by atoms with Crippen LogP contribution >= 0.6 is 0 Å². The number of hydrogen-bond acceptors (Lipinski definition) is 4. The molecule has 176 valence electrons. The molecule has 9 heteroatoms. The fraction of sp³-hybridized carbons (Fsp3) is 0.565. The van der Waals surface area contributed by atoms with E-state index in [1.807, 2.05) is 27.7 Å². The monoisotopic (exact) mass is 453 g/mol. The Balaban J connectivity index is 1.90. The first-order valence-electron chi connectivity index (χ1n) is 10.7. The van der Waals surface area contributed by atoms with E-state index in [9.17, 15) is 18.0 Å². The predicted octanol–water partition coefficient (Wildman–Crippen LogP) is 5.40. The van der Waals surface area contributed by atoms with E-state index >= 15 is 0 Å². The average Bonchev–Trinajstić information content (AvgIpc) is 3.08. The standard InChI is InChI=1S/C23H30F3N3O3/c1-6-18-27-20(31-5)19-17(12-9-15-7-10-16(11-8-15)23(24,25)26)28(13-14-29(18)19)21(30)32-22(2,3)4/h7-8,10-11,17H,6,9,12-14H2,1-5H3. The van der Waals surface area contributed by atoms with Crippen molar-refractivity contribution < 1.29 is 27.4 Å². The molecule has 0 fully saturated rings. The summed E-state index contributed by atoms with van der Waals surface area (Å²) in [7, 11) is 1.54. The molecule has 1 atom stereocenters. The fourth-order valence-electron chi connectivity index (χ4n) is 3.99. The third kappa shape index (κ3) is 5.19. The van der Waals surface area contributed by atoms with Crippen molar-refractivity contribution in [3.05, 3.63) is 46.9 Å². The van der Waals surface area contributed by atoms with Crippen LogP contribution in [0, 0.1) is 0 Å². The Bertz CT molecular complexity index is 946. The Labute approximate surface area is 186 Å². The molecule has 6 nitrogen and oxygen atoms in total. The number of hydrogen-bond donors (Lipinski definition) is 0. The van der Waals surface area contributed by atoms with Crippen molar-refractivity contribution in [3.8, 4) is 5.88 Å². The van der Waals surface area contributed by atoms with Crippen molar-refractivity contribution in [1.29, 1.82) is 0 Å². The summed E-state index contributed by atoms with van der Waals surface area (Å²) in [6, 6.07) is 4.76. The zero-order valence-electron chi connectivity index (χ0n) is 19.1. The molecule has 0 bridgehead atoms. The maximum Gasteiger partial charge on any atom is 0.416 e. The minimum atomic E-state index is -4.37. The lowest BCUT2D eigenvalue weighted by molar-refractivity contribution is -0.137. The van der Waals surface area contributed by atoms with Crippen molar-refractivity contribution in [2.45, 2.75) is 71.3 Å². The molecule has 0 radical (unpaired) electrons. The Hall–Kier alpha value is -2.71. The van der Waals surface area contributed by atoms with E-state index in [4.69, 9.17) is 9.47 Å². The van der Waals surface area contributed by atoms with Gasteiger partial charge in [0.15, 0.2) is 0 Å². The average molecular weight is 454 g/mol. The fourth-order valence-corrected chi connectivity index (χ4v) is 3.99. The molecule has 1 aromatic heterocycles. The molecule has 0 aliphatic carbocycles. The number of fused-ring (bicyclic) bond motifs is 1. The third-order valence-electron chi connectivity index (χ3n) is 5.43. The summed E-state index contributed by atoms with van der Waals surface area (Å²) in [5.41, 5.74) is 0.231. The number of methoxy groups -OCH3 is 1. The lowest BCUT2D eigenvalue weighted by Crippen LogP contribution is -2.45. The van der Waals surface area contributed by atoms with Gasteiger partial charge in [-0.05, 0) is 51.3 Å². The molecular formula is C23H30F3N3O3. The van der Waals surface area contributed by atoms with Gasteiger partial charge >= 0.3 is 12.3 Å². The van der Waals surface area contributed by atoms with Gasteiger partial charge in [-0.3, -0.25) is 4.90 Å². The van der Waals surface area contributed by atoms with Crippen LogP contribution in [-0.4, -0.2) is 39.8 Å². The van der Waals surface area contributed by atoms with Gasteiger partial charge < -0.3 is 14.0 Å². The number of carbonyl (C=O) groups excluding carboxylic acids is 1. The number of aromatic nitrogens is 2. The van der Waals surface area contributed by atoms with E-state index in [-0.39, 0.29) is 6.04 Å². The molecule has 0 saturated carbocycles. The molecule has 1 amide bonds. The smallest absolute Gasteiger partial charge is 0.416 e. The van der Waals surface area contributed by atoms with E-state index in [2.05, 4.69) is 9.55 Å². The highest BCUT2D eigenvalue weighted by molar-refractivity contribution is 5.69. The van der Waals surface area contributed by atoms with Gasteiger partial charge in [0.25, 0.3) is 0 Å². The minimum absolute atomic E-state index is 0.372. The predicted molar refractivity (Wildman–Crippen MR) is 114 cm³/mol. The zero-order chi connectivity index (χ0) is 23.7. The minimum Gasteiger partial charge on any atom is -0.480 e. The Morgan fingerprint density at radius 1 is 1.16 bits per heavy atom. The highest BCUT2D eigenvalue weighted by Gasteiger charge is 2.38. The van der Waals surface area contributed by atoms with E-state index < -0.39 is 23.4 Å². The van der Waals surface area contributed by atoms with Crippen molar-refractivity contribution >= 4 is 6.09 Å². The van der Waals surface area contributed by atoms with Crippen LogP contribution in [0.3, 0.4) is 0 Å². The van der Waals surface area contributed by atoms with Crippen molar-refractivity contribution in [3.63, 3.8) is 0 Å². The van der Waals surface area contributed by atoms with E-state index in [1.165, 1.54) is 12.1 Å². The number of amides is 1. The number of rotatable bonds is 5. The number of halogens is 3. The van der Waals surface area contributed by atoms with E-state index in [0.29, 0.717) is 38.2 Å². The van der Waals surface area contributed by atoms with Gasteiger partial charge in [-0.1, -0.05) is 19.1 Å². The van der Waals surface area contributed by atoms with Gasteiger partial charge in [0.05, 0.1) is 18.7 Å². The highest BCUT2D eigenvalue weighted by Crippen LogP contribution is 2.38. The van der Waals surface area contributed by atoms with Gasteiger partial charge in [0.2, 0.25) is 5.88 Å². The van der Waals surface area contributed by atoms with Crippen molar-refractivity contribution in [2.24, 2.45) is 0 Å². The number of carbonyl (C=O) groups is 1. The molecule has 1 aliphatic rings. The van der Waals surface area contributed by atoms with E-state index in [0.717, 1.165) is 29.2 Å². The normalized spacial score (nSPS) is 16.6. The van der Waals surface area contributed by atoms with Crippen LogP contribution in [0.15, 0.2) is 24.3 Å². The summed E-state index contributed by atoms with van der Waals surface area (Å²) in [6.45, 7) is 8.47. The topological polar surface area (TPSA) is 56.6 Å². The first-order valence-corrected chi connectivity index (χ1v) is 10.7. The van der Waals surface area contributed by atoms with Crippen LogP contribution in [0.1, 0.15) is 62.8 Å². The van der Waals surface area contributed by atoms with Gasteiger partial charge in [0.1, 0.15) is 17.1 Å². The molecular weight excluding hydrogens is 423 g/mol. The SMILES string of the molecule is CCc1nc(OC)c2n1CCN(C(=O)OC(C)(C)C)C2CCc1ccc(C(F)(F)F)cc1. The second kappa shape index (κ2) is 9.03. The van der Waals surface area contributed by atoms with Crippen LogP contribution < -0.4 is 4.74 Å². The first kappa shape index (κ1) is 23.9. The van der Waals surface area contributed by atoms with Gasteiger partial charge in [0, 0.05) is 19.5 Å². The maximum atomic E-state index is 13.0. The van der Waals surface area contributed by atoms with Crippen molar-refractivity contribution in [2.75, 3.05) is 13.7 Å². The number of alkyl halides is 3. The lowest BCUT2D eigenvalue weighted by Gasteiger charge is -2.38. The first-order chi connectivity index (χ1) is 14.9. The molecule has 2 heterocycles. The summed E-state index contributed by atoms with van der Waals surface area (Å²) < 4.78 is 51.9. The van der Waals surface area contributed by atoms with Gasteiger partial charge in [-0.2, -0.15) is 18.2 Å². The third-order valence-corrected chi connectivity index (χ3v) is 5.43. The summed E-state index contributed by atoms with van der Waals surface area (Å²) in [5.74, 6) is 1.34. The molecule has 1 unspecified atom stereocenters. The van der Waals surface area contributed by atoms with Crippen LogP contribution in [0.25, 0.3) is 0 Å². The summed E-state index contributed by atoms with van der Waals surface area (Å²) in [6.07, 6.45) is -3.10. The molecule has 32 heavy (non-hydrogen) atoms. The number of aryl methyl sites for hydroxylation is 2. The number of imidazole rings is 1. The molecule has 1 aromatic carbocycles. The Morgan fingerprint density at radius 2 is 1.81 bits per heavy atom. The van der Waals surface area contributed by atoms with Gasteiger partial charge in [-0.15, -0.1) is 0 Å². The maximum absolute atomic E-state index is 13.0. The molecule has 3 rings (SSSR count). The molecule has 0 saturated heterocycles. The second-order valence-electron chi connectivity index (χ2n) is 8.85. The van der Waals surface area contributed by atoms with Gasteiger partial charge in [-0.25, -0.2) is 4.79 Å². The lowest BCUT2D eigenvalue weighted by atomic mass is 9.99. The summed E-state index contributed by atoms with van der Waals surface area (Å²) in [4.78, 5) is 19.2. The quantitative estimate of drug-likeness (QED) is 0.609. The van der Waals surface area contributed by atoms with Crippen LogP contribution in [0.4, 0.5) is 18.0 Å². The number of nitrogens with zero attached hydrogens (tertiary/aromatic N) is 3. The summed E-state index contributed by atoms with van der Waals surface area (Å²) >= 11 is 0. The Morgan fingerprint density at radius 3 is 2.34 bits per heavy atom. The summed E-state index contributed by atoms with van der Waals surface area (Å²) in [5, 5.41) is 0. The molecule has 0 spiro atoms. The van der Waals surface area contributed by atoms with Crippen LogP contribution in [0.2, 0.25) is 0 Å². The van der Waals surface area contributed by atoms with Crippen LogP contribution in [-0.2, 0) is 30.3 Å². The second-order valence-corrected chi connectivity index (χ2v) is 8.85. The molecule has 1 aliphatic heterocycles. The van der Waals surface area contributed by atoms with E-state index in [1.54, 1.807) is 12.0 Å². The van der Waals surface area contributed by atoms with Crippen molar-refractivity contribution in [1.82, 2.24) is 14.5 Å². The highest BCUT2D eigenvalue weighted by atomic mass is 19.4. The van der Waals surface area contributed by atoms with Crippen LogP contribution in [0.5, 0.6) is 5.88 Å².